The minimum atomic E-state index is 0.646. The van der Waals surface area contributed by atoms with Crippen LogP contribution in [0, 0.1) is 0 Å². The lowest BCUT2D eigenvalue weighted by molar-refractivity contribution is 0.731. The summed E-state index contributed by atoms with van der Waals surface area (Å²) in [5.41, 5.74) is 0.987. The van der Waals surface area contributed by atoms with Gasteiger partial charge in [-0.05, 0) is 18.2 Å². The molecule has 26 heavy (non-hydrogen) atoms. The van der Waals surface area contributed by atoms with Crippen molar-refractivity contribution in [1.82, 2.24) is 19.7 Å². The molecule has 0 radical (unpaired) electrons. The van der Waals surface area contributed by atoms with Crippen LogP contribution in [0.1, 0.15) is 4.88 Å². The number of nitrogens with zero attached hydrogens (tertiary/aromatic N) is 4. The van der Waals surface area contributed by atoms with Crippen LogP contribution in [0.15, 0.2) is 66.6 Å². The standard InChI is InChI=1S/C19H15ClN4S2/c1-2-11-24-18(13-7-9-21-10-8-13)22-23-19(24)25-12-16-17(20)14-5-3-4-6-15(14)26-16/h2-10H,1,11-12H2. The molecule has 1 aromatic carbocycles. The number of thioether (sulfide) groups is 1. The van der Waals surface area contributed by atoms with Crippen LogP contribution in [0.4, 0.5) is 0 Å². The fourth-order valence-electron chi connectivity index (χ4n) is 2.69. The number of fused-ring (bicyclic) bond motifs is 1. The molecule has 3 aromatic heterocycles. The molecule has 4 aromatic rings. The van der Waals surface area contributed by atoms with E-state index in [1.54, 1.807) is 35.5 Å². The predicted octanol–water partition coefficient (Wildman–Crippen LogP) is 5.69. The largest absolute Gasteiger partial charge is 0.298 e. The van der Waals surface area contributed by atoms with Crippen molar-refractivity contribution in [2.24, 2.45) is 0 Å². The monoisotopic (exact) mass is 398 g/mol. The molecule has 4 nitrogen and oxygen atoms in total. The number of hydrogen-bond donors (Lipinski definition) is 0. The second kappa shape index (κ2) is 7.61. The maximum absolute atomic E-state index is 6.56. The smallest absolute Gasteiger partial charge is 0.192 e. The van der Waals surface area contributed by atoms with E-state index >= 15 is 0 Å². The highest BCUT2D eigenvalue weighted by Crippen LogP contribution is 2.38. The Hall–Kier alpha value is -2.15. The number of thiophene rings is 1. The topological polar surface area (TPSA) is 43.6 Å². The summed E-state index contributed by atoms with van der Waals surface area (Å²) >= 11 is 9.92. The van der Waals surface area contributed by atoms with Gasteiger partial charge in [-0.1, -0.05) is 47.6 Å². The van der Waals surface area contributed by atoms with Gasteiger partial charge in [0.05, 0.1) is 5.02 Å². The SMILES string of the molecule is C=CCn1c(SCc2sc3ccccc3c2Cl)nnc1-c1ccncc1. The predicted molar refractivity (Wildman–Crippen MR) is 110 cm³/mol. The average molecular weight is 399 g/mol. The minimum Gasteiger partial charge on any atom is -0.298 e. The minimum absolute atomic E-state index is 0.646. The van der Waals surface area contributed by atoms with E-state index < -0.39 is 0 Å². The highest BCUT2D eigenvalue weighted by atomic mass is 35.5. The first-order chi connectivity index (χ1) is 12.8. The van der Waals surface area contributed by atoms with E-state index in [9.17, 15) is 0 Å². The molecule has 0 spiro atoms. The molecule has 0 amide bonds. The van der Waals surface area contributed by atoms with E-state index in [2.05, 4.69) is 38.5 Å². The quantitative estimate of drug-likeness (QED) is 0.309. The third kappa shape index (κ3) is 3.28. The molecule has 130 valence electrons. The first-order valence-corrected chi connectivity index (χ1v) is 10.2. The van der Waals surface area contributed by atoms with Gasteiger partial charge < -0.3 is 0 Å². The Morgan fingerprint density at radius 1 is 1.15 bits per heavy atom. The van der Waals surface area contributed by atoms with Crippen LogP contribution in [0.2, 0.25) is 5.02 Å². The first-order valence-electron chi connectivity index (χ1n) is 8.01. The zero-order valence-electron chi connectivity index (χ0n) is 13.8. The second-order valence-electron chi connectivity index (χ2n) is 5.57. The van der Waals surface area contributed by atoms with Crippen molar-refractivity contribution in [3.63, 3.8) is 0 Å². The molecule has 0 aliphatic heterocycles. The van der Waals surface area contributed by atoms with Gasteiger partial charge in [0.25, 0.3) is 0 Å². The first kappa shape index (κ1) is 17.3. The molecule has 0 aliphatic carbocycles. The number of benzene rings is 1. The number of rotatable bonds is 6. The molecule has 0 aliphatic rings. The lowest BCUT2D eigenvalue weighted by atomic mass is 10.2. The third-order valence-electron chi connectivity index (χ3n) is 3.90. The highest BCUT2D eigenvalue weighted by Gasteiger charge is 2.16. The van der Waals surface area contributed by atoms with E-state index in [0.29, 0.717) is 6.54 Å². The van der Waals surface area contributed by atoms with Gasteiger partial charge in [0.1, 0.15) is 0 Å². The maximum Gasteiger partial charge on any atom is 0.192 e. The summed E-state index contributed by atoms with van der Waals surface area (Å²) in [6.45, 7) is 4.50. The van der Waals surface area contributed by atoms with Crippen molar-refractivity contribution >= 4 is 44.8 Å². The van der Waals surface area contributed by atoms with Gasteiger partial charge in [-0.3, -0.25) is 9.55 Å². The Morgan fingerprint density at radius 3 is 2.73 bits per heavy atom. The Bertz CT molecular complexity index is 1060. The third-order valence-corrected chi connectivity index (χ3v) is 6.79. The van der Waals surface area contributed by atoms with Gasteiger partial charge in [-0.15, -0.1) is 28.1 Å². The summed E-state index contributed by atoms with van der Waals surface area (Å²) in [7, 11) is 0. The normalized spacial score (nSPS) is 11.1. The zero-order valence-corrected chi connectivity index (χ0v) is 16.2. The summed E-state index contributed by atoms with van der Waals surface area (Å²) in [5, 5.41) is 11.5. The molecule has 0 fully saturated rings. The number of pyridine rings is 1. The van der Waals surface area contributed by atoms with Crippen LogP contribution in [0.5, 0.6) is 0 Å². The van der Waals surface area contributed by atoms with E-state index in [-0.39, 0.29) is 0 Å². The van der Waals surface area contributed by atoms with Gasteiger partial charge in [-0.25, -0.2) is 0 Å². The van der Waals surface area contributed by atoms with Crippen molar-refractivity contribution in [2.45, 2.75) is 17.5 Å². The lowest BCUT2D eigenvalue weighted by Crippen LogP contribution is -2.00. The summed E-state index contributed by atoms with van der Waals surface area (Å²) in [6, 6.07) is 12.1. The van der Waals surface area contributed by atoms with Crippen LogP contribution in [0.25, 0.3) is 21.5 Å². The van der Waals surface area contributed by atoms with Gasteiger partial charge in [0.15, 0.2) is 11.0 Å². The summed E-state index contributed by atoms with van der Waals surface area (Å²) in [5.74, 6) is 1.57. The van der Waals surface area contributed by atoms with Crippen LogP contribution < -0.4 is 0 Å². The molecule has 0 saturated heterocycles. The summed E-state index contributed by atoms with van der Waals surface area (Å²) in [6.07, 6.45) is 5.36. The Balaban J connectivity index is 1.62. The number of hydrogen-bond acceptors (Lipinski definition) is 5. The Morgan fingerprint density at radius 2 is 1.96 bits per heavy atom. The van der Waals surface area contributed by atoms with Crippen LogP contribution in [0.3, 0.4) is 0 Å². The fraction of sp³-hybridized carbons (Fsp3) is 0.105. The highest BCUT2D eigenvalue weighted by molar-refractivity contribution is 7.98. The van der Waals surface area contributed by atoms with Crippen molar-refractivity contribution in [3.05, 3.63) is 71.3 Å². The van der Waals surface area contributed by atoms with E-state index in [1.807, 2.05) is 30.3 Å². The van der Waals surface area contributed by atoms with Crippen molar-refractivity contribution in [3.8, 4) is 11.4 Å². The number of aromatic nitrogens is 4. The summed E-state index contributed by atoms with van der Waals surface area (Å²) < 4.78 is 3.27. The lowest BCUT2D eigenvalue weighted by Gasteiger charge is -2.07. The van der Waals surface area contributed by atoms with Crippen LogP contribution in [-0.2, 0) is 12.3 Å². The van der Waals surface area contributed by atoms with Gasteiger partial charge in [0.2, 0.25) is 0 Å². The van der Waals surface area contributed by atoms with Crippen LogP contribution in [-0.4, -0.2) is 19.7 Å². The van der Waals surface area contributed by atoms with Crippen molar-refractivity contribution in [1.29, 1.82) is 0 Å². The van der Waals surface area contributed by atoms with Gasteiger partial charge in [-0.2, -0.15) is 0 Å². The van der Waals surface area contributed by atoms with E-state index in [1.165, 1.54) is 4.70 Å². The fourth-order valence-corrected chi connectivity index (χ4v) is 5.30. The molecular weight excluding hydrogens is 384 g/mol. The molecule has 3 heterocycles. The molecule has 4 rings (SSSR count). The van der Waals surface area contributed by atoms with Crippen molar-refractivity contribution < 1.29 is 0 Å². The molecule has 0 bridgehead atoms. The van der Waals surface area contributed by atoms with Gasteiger partial charge in [0, 0.05) is 45.2 Å². The van der Waals surface area contributed by atoms with Crippen LogP contribution >= 0.6 is 34.7 Å². The van der Waals surface area contributed by atoms with E-state index in [4.69, 9.17) is 11.6 Å². The maximum atomic E-state index is 6.56. The second-order valence-corrected chi connectivity index (χ2v) is 8.02. The summed E-state index contributed by atoms with van der Waals surface area (Å²) in [4.78, 5) is 5.21. The van der Waals surface area contributed by atoms with Gasteiger partial charge >= 0.3 is 0 Å². The molecule has 7 heteroatoms. The number of halogens is 1. The van der Waals surface area contributed by atoms with E-state index in [0.717, 1.165) is 37.6 Å². The average Bonchev–Trinajstić information content (AvgIpc) is 3.22. The zero-order chi connectivity index (χ0) is 17.9. The molecule has 0 unspecified atom stereocenters. The molecule has 0 N–H and O–H groups in total. The molecule has 0 atom stereocenters. The number of allylic oxidation sites excluding steroid dienone is 1. The Labute approximate surface area is 164 Å². The van der Waals surface area contributed by atoms with Crippen molar-refractivity contribution in [2.75, 3.05) is 0 Å². The molecular formula is C19H15ClN4S2. The molecule has 0 saturated carbocycles. The Kier molecular flexibility index (Phi) is 5.06.